The summed E-state index contributed by atoms with van der Waals surface area (Å²) in [5.74, 6) is 1.68. The molecule has 88 valence electrons. The van der Waals surface area contributed by atoms with Crippen LogP contribution in [0.3, 0.4) is 0 Å². The molecule has 0 amide bonds. The molecule has 0 N–H and O–H groups in total. The van der Waals surface area contributed by atoms with Gasteiger partial charge in [-0.1, -0.05) is 12.8 Å². The fraction of sp³-hybridized carbons (Fsp3) is 0.667. The maximum absolute atomic E-state index is 5.88. The summed E-state index contributed by atoms with van der Waals surface area (Å²) in [6.07, 6.45) is 6.82. The Balaban J connectivity index is 2.17. The molecule has 16 heavy (non-hydrogen) atoms. The van der Waals surface area contributed by atoms with Crippen molar-refractivity contribution in [3.05, 3.63) is 18.1 Å². The van der Waals surface area contributed by atoms with Crippen LogP contribution in [0.2, 0.25) is 0 Å². The molecule has 1 fully saturated rings. The Kier molecular flexibility index (Phi) is 3.99. The monoisotopic (exact) mass is 239 g/mol. The first kappa shape index (κ1) is 11.6. The van der Waals surface area contributed by atoms with Gasteiger partial charge in [0.25, 0.3) is 0 Å². The van der Waals surface area contributed by atoms with Crippen molar-refractivity contribution in [2.75, 3.05) is 17.3 Å². The molecule has 0 spiro atoms. The summed E-state index contributed by atoms with van der Waals surface area (Å²) >= 11 is 5.88. The van der Waals surface area contributed by atoms with Gasteiger partial charge in [-0.25, -0.2) is 9.97 Å². The molecule has 0 bridgehead atoms. The molecule has 0 saturated heterocycles. The fourth-order valence-electron chi connectivity index (χ4n) is 2.39. The van der Waals surface area contributed by atoms with Crippen LogP contribution in [0.15, 0.2) is 12.4 Å². The Morgan fingerprint density at radius 2 is 2.12 bits per heavy atom. The summed E-state index contributed by atoms with van der Waals surface area (Å²) in [6, 6.07) is 2.67. The zero-order valence-corrected chi connectivity index (χ0v) is 10.5. The van der Waals surface area contributed by atoms with Crippen molar-refractivity contribution < 1.29 is 0 Å². The second-order valence-electron chi connectivity index (χ2n) is 4.34. The lowest BCUT2D eigenvalue weighted by molar-refractivity contribution is 0.613. The summed E-state index contributed by atoms with van der Waals surface area (Å²) in [6.45, 7) is 2.88. The second kappa shape index (κ2) is 5.48. The van der Waals surface area contributed by atoms with Crippen LogP contribution < -0.4 is 4.90 Å². The minimum atomic E-state index is 0.619. The highest BCUT2D eigenvalue weighted by atomic mass is 35.5. The lowest BCUT2D eigenvalue weighted by atomic mass is 10.2. The Bertz CT molecular complexity index is 337. The quantitative estimate of drug-likeness (QED) is 0.757. The van der Waals surface area contributed by atoms with Crippen molar-refractivity contribution in [2.45, 2.75) is 38.6 Å². The maximum atomic E-state index is 5.88. The first-order chi connectivity index (χ1) is 7.81. The molecule has 0 radical (unpaired) electrons. The minimum absolute atomic E-state index is 0.619. The molecule has 1 heterocycles. The van der Waals surface area contributed by atoms with E-state index >= 15 is 0 Å². The van der Waals surface area contributed by atoms with Gasteiger partial charge in [-0.3, -0.25) is 0 Å². The smallest absolute Gasteiger partial charge is 0.132 e. The molecule has 1 aliphatic carbocycles. The van der Waals surface area contributed by atoms with E-state index < -0.39 is 0 Å². The summed E-state index contributed by atoms with van der Waals surface area (Å²) in [7, 11) is 0. The number of rotatable bonds is 4. The average molecular weight is 240 g/mol. The third kappa shape index (κ3) is 2.64. The van der Waals surface area contributed by atoms with Gasteiger partial charge in [0.1, 0.15) is 12.1 Å². The van der Waals surface area contributed by atoms with Crippen LogP contribution in [-0.2, 0) is 0 Å². The number of hydrogen-bond donors (Lipinski definition) is 0. The normalized spacial score (nSPS) is 16.6. The molecule has 3 nitrogen and oxygen atoms in total. The predicted molar refractivity (Wildman–Crippen MR) is 67.1 cm³/mol. The van der Waals surface area contributed by atoms with Gasteiger partial charge in [-0.2, -0.15) is 0 Å². The highest BCUT2D eigenvalue weighted by Gasteiger charge is 2.23. The molecule has 0 unspecified atom stereocenters. The first-order valence-corrected chi connectivity index (χ1v) is 6.46. The highest BCUT2D eigenvalue weighted by molar-refractivity contribution is 6.18. The van der Waals surface area contributed by atoms with Crippen molar-refractivity contribution in [3.8, 4) is 0 Å². The molecule has 0 aromatic carbocycles. The van der Waals surface area contributed by atoms with E-state index in [9.17, 15) is 0 Å². The average Bonchev–Trinajstić information content (AvgIpc) is 2.79. The molecule has 1 aliphatic rings. The number of hydrogen-bond acceptors (Lipinski definition) is 3. The van der Waals surface area contributed by atoms with Crippen LogP contribution in [0.25, 0.3) is 0 Å². The maximum Gasteiger partial charge on any atom is 0.132 e. The van der Waals surface area contributed by atoms with E-state index in [0.29, 0.717) is 11.9 Å². The number of aromatic nitrogens is 2. The summed E-state index contributed by atoms with van der Waals surface area (Å²) in [4.78, 5) is 10.8. The Morgan fingerprint density at radius 1 is 1.38 bits per heavy atom. The topological polar surface area (TPSA) is 29.0 Å². The zero-order chi connectivity index (χ0) is 11.4. The van der Waals surface area contributed by atoms with Gasteiger partial charge in [-0.05, 0) is 19.8 Å². The first-order valence-electron chi connectivity index (χ1n) is 5.92. The van der Waals surface area contributed by atoms with Crippen LogP contribution in [-0.4, -0.2) is 28.4 Å². The van der Waals surface area contributed by atoms with E-state index in [1.807, 2.05) is 13.0 Å². The van der Waals surface area contributed by atoms with Crippen molar-refractivity contribution in [2.24, 2.45) is 0 Å². The molecule has 1 aromatic rings. The van der Waals surface area contributed by atoms with Crippen LogP contribution in [0, 0.1) is 6.92 Å². The van der Waals surface area contributed by atoms with Gasteiger partial charge in [0.05, 0.1) is 0 Å². The summed E-state index contributed by atoms with van der Waals surface area (Å²) in [5, 5.41) is 0. The minimum Gasteiger partial charge on any atom is -0.352 e. The SMILES string of the molecule is Cc1cc(N(CCCl)C2CCCC2)ncn1. The van der Waals surface area contributed by atoms with Crippen LogP contribution in [0.4, 0.5) is 5.82 Å². The van der Waals surface area contributed by atoms with Crippen molar-refractivity contribution in [1.82, 2.24) is 9.97 Å². The largest absolute Gasteiger partial charge is 0.352 e. The molecule has 1 aromatic heterocycles. The third-order valence-electron chi connectivity index (χ3n) is 3.17. The van der Waals surface area contributed by atoms with Crippen LogP contribution in [0.5, 0.6) is 0 Å². The van der Waals surface area contributed by atoms with E-state index in [1.54, 1.807) is 6.33 Å². The van der Waals surface area contributed by atoms with Crippen molar-refractivity contribution in [1.29, 1.82) is 0 Å². The Hall–Kier alpha value is -0.830. The number of alkyl halides is 1. The highest BCUT2D eigenvalue weighted by Crippen LogP contribution is 2.27. The van der Waals surface area contributed by atoms with Crippen molar-refractivity contribution >= 4 is 17.4 Å². The van der Waals surface area contributed by atoms with Gasteiger partial charge >= 0.3 is 0 Å². The van der Waals surface area contributed by atoms with E-state index in [0.717, 1.165) is 18.1 Å². The Morgan fingerprint density at radius 3 is 2.75 bits per heavy atom. The molecule has 2 rings (SSSR count). The van der Waals surface area contributed by atoms with Gasteiger partial charge in [0, 0.05) is 30.2 Å². The van der Waals surface area contributed by atoms with Crippen LogP contribution in [0.1, 0.15) is 31.4 Å². The van der Waals surface area contributed by atoms with E-state index in [4.69, 9.17) is 11.6 Å². The molecular weight excluding hydrogens is 222 g/mol. The lowest BCUT2D eigenvalue weighted by Crippen LogP contribution is -2.35. The number of anilines is 1. The Labute approximate surface area is 102 Å². The van der Waals surface area contributed by atoms with E-state index in [1.165, 1.54) is 25.7 Å². The fourth-order valence-corrected chi connectivity index (χ4v) is 2.57. The van der Waals surface area contributed by atoms with Gasteiger partial charge < -0.3 is 4.90 Å². The van der Waals surface area contributed by atoms with Gasteiger partial charge in [-0.15, -0.1) is 11.6 Å². The summed E-state index contributed by atoms with van der Waals surface area (Å²) in [5.41, 5.74) is 1.02. The van der Waals surface area contributed by atoms with E-state index in [-0.39, 0.29) is 0 Å². The molecular formula is C12H18ClN3. The number of halogens is 1. The molecule has 4 heteroatoms. The van der Waals surface area contributed by atoms with E-state index in [2.05, 4.69) is 14.9 Å². The number of nitrogens with zero attached hydrogens (tertiary/aromatic N) is 3. The summed E-state index contributed by atoms with van der Waals surface area (Å²) < 4.78 is 0. The lowest BCUT2D eigenvalue weighted by Gasteiger charge is -2.29. The third-order valence-corrected chi connectivity index (χ3v) is 3.34. The molecule has 0 aliphatic heterocycles. The standard InChI is InChI=1S/C12H18ClN3/c1-10-8-12(15-9-14-10)16(7-6-13)11-4-2-3-5-11/h8-9,11H,2-7H2,1H3. The molecule has 0 atom stereocenters. The van der Waals surface area contributed by atoms with Crippen LogP contribution >= 0.6 is 11.6 Å². The zero-order valence-electron chi connectivity index (χ0n) is 9.69. The second-order valence-corrected chi connectivity index (χ2v) is 4.72. The van der Waals surface area contributed by atoms with Gasteiger partial charge in [0.2, 0.25) is 0 Å². The van der Waals surface area contributed by atoms with Crippen molar-refractivity contribution in [3.63, 3.8) is 0 Å². The molecule has 1 saturated carbocycles. The van der Waals surface area contributed by atoms with Gasteiger partial charge in [0.15, 0.2) is 0 Å². The number of aryl methyl sites for hydroxylation is 1. The predicted octanol–water partition coefficient (Wildman–Crippen LogP) is 2.77.